The molecule has 5 nitrogen and oxygen atoms in total. The fourth-order valence-corrected chi connectivity index (χ4v) is 2.14. The van der Waals surface area contributed by atoms with Gasteiger partial charge in [0.05, 0.1) is 12.8 Å². The highest BCUT2D eigenvalue weighted by Gasteiger charge is 2.16. The SMILES string of the molecule is CC[C@@H](C)NC(=O)c1cc(-c2ccc(OC)cc2)nn1CC. The molecule has 0 saturated carbocycles. The molecule has 0 radical (unpaired) electrons. The average molecular weight is 301 g/mol. The fraction of sp³-hybridized carbons (Fsp3) is 0.412. The molecule has 0 fully saturated rings. The van der Waals surface area contributed by atoms with E-state index in [2.05, 4.69) is 10.4 Å². The van der Waals surface area contributed by atoms with E-state index in [0.717, 1.165) is 23.4 Å². The third-order valence-electron chi connectivity index (χ3n) is 3.69. The highest BCUT2D eigenvalue weighted by atomic mass is 16.5. The van der Waals surface area contributed by atoms with E-state index in [4.69, 9.17) is 4.74 Å². The average Bonchev–Trinajstić information content (AvgIpc) is 2.99. The number of rotatable bonds is 6. The molecule has 22 heavy (non-hydrogen) atoms. The topological polar surface area (TPSA) is 56.1 Å². The molecule has 1 aromatic carbocycles. The predicted octanol–water partition coefficient (Wildman–Crippen LogP) is 3.11. The van der Waals surface area contributed by atoms with Crippen molar-refractivity contribution in [2.24, 2.45) is 0 Å². The first kappa shape index (κ1) is 16.1. The summed E-state index contributed by atoms with van der Waals surface area (Å²) in [6, 6.07) is 9.65. The molecule has 2 aromatic rings. The molecular formula is C17H23N3O2. The Kier molecular flexibility index (Phi) is 5.20. The minimum absolute atomic E-state index is 0.0801. The van der Waals surface area contributed by atoms with Gasteiger partial charge in [0.15, 0.2) is 0 Å². The maximum absolute atomic E-state index is 12.3. The van der Waals surface area contributed by atoms with Crippen LogP contribution < -0.4 is 10.1 Å². The molecular weight excluding hydrogens is 278 g/mol. The zero-order chi connectivity index (χ0) is 16.1. The van der Waals surface area contributed by atoms with Crippen LogP contribution in [-0.2, 0) is 6.54 Å². The van der Waals surface area contributed by atoms with Crippen LogP contribution in [-0.4, -0.2) is 28.8 Å². The Morgan fingerprint density at radius 3 is 2.55 bits per heavy atom. The molecule has 118 valence electrons. The largest absolute Gasteiger partial charge is 0.497 e. The zero-order valence-electron chi connectivity index (χ0n) is 13.6. The molecule has 2 rings (SSSR count). The van der Waals surface area contributed by atoms with Crippen molar-refractivity contribution in [1.29, 1.82) is 0 Å². The number of nitrogens with zero attached hydrogens (tertiary/aromatic N) is 2. The molecule has 0 spiro atoms. The van der Waals surface area contributed by atoms with Gasteiger partial charge < -0.3 is 10.1 Å². The van der Waals surface area contributed by atoms with E-state index in [1.165, 1.54) is 0 Å². The van der Waals surface area contributed by atoms with Crippen LogP contribution in [0.5, 0.6) is 5.75 Å². The molecule has 1 atom stereocenters. The molecule has 1 heterocycles. The number of methoxy groups -OCH3 is 1. The van der Waals surface area contributed by atoms with E-state index < -0.39 is 0 Å². The maximum Gasteiger partial charge on any atom is 0.269 e. The van der Waals surface area contributed by atoms with Gasteiger partial charge in [-0.2, -0.15) is 5.10 Å². The number of benzene rings is 1. The van der Waals surface area contributed by atoms with Gasteiger partial charge in [0.25, 0.3) is 5.91 Å². The summed E-state index contributed by atoms with van der Waals surface area (Å²) in [7, 11) is 1.64. The van der Waals surface area contributed by atoms with Gasteiger partial charge in [-0.05, 0) is 50.6 Å². The van der Waals surface area contributed by atoms with E-state index >= 15 is 0 Å². The van der Waals surface area contributed by atoms with Crippen LogP contribution in [0.1, 0.15) is 37.7 Å². The van der Waals surface area contributed by atoms with Crippen molar-refractivity contribution in [2.45, 2.75) is 39.8 Å². The molecule has 0 unspecified atom stereocenters. The third-order valence-corrected chi connectivity index (χ3v) is 3.69. The predicted molar refractivity (Wildman–Crippen MR) is 87.1 cm³/mol. The number of hydrogen-bond acceptors (Lipinski definition) is 3. The Labute approximate surface area is 131 Å². The monoisotopic (exact) mass is 301 g/mol. The van der Waals surface area contributed by atoms with Gasteiger partial charge in [-0.15, -0.1) is 0 Å². The van der Waals surface area contributed by atoms with Crippen molar-refractivity contribution in [3.05, 3.63) is 36.0 Å². The van der Waals surface area contributed by atoms with E-state index in [-0.39, 0.29) is 11.9 Å². The van der Waals surface area contributed by atoms with Crippen molar-refractivity contribution < 1.29 is 9.53 Å². The second-order valence-corrected chi connectivity index (χ2v) is 5.24. The van der Waals surface area contributed by atoms with E-state index in [9.17, 15) is 4.79 Å². The lowest BCUT2D eigenvalue weighted by molar-refractivity contribution is 0.0928. The van der Waals surface area contributed by atoms with Crippen LogP contribution in [0.4, 0.5) is 0 Å². The fourth-order valence-electron chi connectivity index (χ4n) is 2.14. The Balaban J connectivity index is 2.29. The lowest BCUT2D eigenvalue weighted by atomic mass is 10.1. The second kappa shape index (κ2) is 7.11. The Morgan fingerprint density at radius 2 is 2.00 bits per heavy atom. The molecule has 0 aliphatic heterocycles. The van der Waals surface area contributed by atoms with Crippen molar-refractivity contribution in [3.63, 3.8) is 0 Å². The van der Waals surface area contributed by atoms with Gasteiger partial charge in [0.2, 0.25) is 0 Å². The lowest BCUT2D eigenvalue weighted by Crippen LogP contribution is -2.33. The van der Waals surface area contributed by atoms with Crippen LogP contribution in [0.2, 0.25) is 0 Å². The van der Waals surface area contributed by atoms with Crippen molar-refractivity contribution in [2.75, 3.05) is 7.11 Å². The lowest BCUT2D eigenvalue weighted by Gasteiger charge is -2.11. The highest BCUT2D eigenvalue weighted by Crippen LogP contribution is 2.22. The smallest absolute Gasteiger partial charge is 0.269 e. The number of hydrogen-bond donors (Lipinski definition) is 1. The first-order chi connectivity index (χ1) is 10.6. The van der Waals surface area contributed by atoms with Crippen LogP contribution in [0.15, 0.2) is 30.3 Å². The van der Waals surface area contributed by atoms with Crippen LogP contribution >= 0.6 is 0 Å². The minimum atomic E-state index is -0.0801. The summed E-state index contributed by atoms with van der Waals surface area (Å²) in [6.45, 7) is 6.67. The van der Waals surface area contributed by atoms with Crippen LogP contribution in [0.25, 0.3) is 11.3 Å². The number of aryl methyl sites for hydroxylation is 1. The number of ether oxygens (including phenoxy) is 1. The summed E-state index contributed by atoms with van der Waals surface area (Å²) in [6.07, 6.45) is 0.900. The molecule has 0 aliphatic carbocycles. The number of amides is 1. The first-order valence-electron chi connectivity index (χ1n) is 7.62. The Bertz CT molecular complexity index is 632. The van der Waals surface area contributed by atoms with Crippen molar-refractivity contribution in [1.82, 2.24) is 15.1 Å². The molecule has 1 N–H and O–H groups in total. The van der Waals surface area contributed by atoms with Gasteiger partial charge in [0, 0.05) is 18.2 Å². The Morgan fingerprint density at radius 1 is 1.32 bits per heavy atom. The maximum atomic E-state index is 12.3. The number of nitrogens with one attached hydrogen (secondary N) is 1. The van der Waals surface area contributed by atoms with E-state index in [0.29, 0.717) is 12.2 Å². The van der Waals surface area contributed by atoms with Crippen LogP contribution in [0.3, 0.4) is 0 Å². The van der Waals surface area contributed by atoms with Gasteiger partial charge in [0.1, 0.15) is 11.4 Å². The molecule has 0 saturated heterocycles. The van der Waals surface area contributed by atoms with Crippen molar-refractivity contribution in [3.8, 4) is 17.0 Å². The van der Waals surface area contributed by atoms with E-state index in [1.54, 1.807) is 11.8 Å². The molecule has 0 aliphatic rings. The van der Waals surface area contributed by atoms with Gasteiger partial charge >= 0.3 is 0 Å². The minimum Gasteiger partial charge on any atom is -0.497 e. The summed E-state index contributed by atoms with van der Waals surface area (Å²) in [5.41, 5.74) is 2.35. The molecule has 5 heteroatoms. The summed E-state index contributed by atoms with van der Waals surface area (Å²) in [5, 5.41) is 7.51. The second-order valence-electron chi connectivity index (χ2n) is 5.24. The van der Waals surface area contributed by atoms with Gasteiger partial charge in [-0.25, -0.2) is 0 Å². The highest BCUT2D eigenvalue weighted by molar-refractivity contribution is 5.93. The molecule has 1 aromatic heterocycles. The Hall–Kier alpha value is -2.30. The summed E-state index contributed by atoms with van der Waals surface area (Å²) >= 11 is 0. The summed E-state index contributed by atoms with van der Waals surface area (Å²) in [4.78, 5) is 12.3. The third kappa shape index (κ3) is 3.47. The zero-order valence-corrected chi connectivity index (χ0v) is 13.6. The number of carbonyl (C=O) groups excluding carboxylic acids is 1. The van der Waals surface area contributed by atoms with Gasteiger partial charge in [-0.3, -0.25) is 9.48 Å². The summed E-state index contributed by atoms with van der Waals surface area (Å²) < 4.78 is 6.89. The van der Waals surface area contributed by atoms with E-state index in [1.807, 2.05) is 51.1 Å². The van der Waals surface area contributed by atoms with Crippen molar-refractivity contribution >= 4 is 5.91 Å². The standard InChI is InChI=1S/C17H23N3O2/c1-5-12(3)18-17(21)16-11-15(19-20(16)6-2)13-7-9-14(22-4)10-8-13/h7-12H,5-6H2,1-4H3,(H,18,21)/t12-/m1/s1. The normalized spacial score (nSPS) is 12.0. The van der Waals surface area contributed by atoms with Gasteiger partial charge in [-0.1, -0.05) is 6.92 Å². The molecule has 0 bridgehead atoms. The first-order valence-corrected chi connectivity index (χ1v) is 7.62. The molecule has 1 amide bonds. The summed E-state index contributed by atoms with van der Waals surface area (Å²) in [5.74, 6) is 0.719. The van der Waals surface area contributed by atoms with Crippen LogP contribution in [0, 0.1) is 0 Å². The quantitative estimate of drug-likeness (QED) is 0.892. The number of carbonyl (C=O) groups is 1. The number of aromatic nitrogens is 2.